The minimum Gasteiger partial charge on any atom is -0.486 e. The molecule has 2 amide bonds. The first-order valence-corrected chi connectivity index (χ1v) is 13.4. The van der Waals surface area contributed by atoms with E-state index >= 15 is 0 Å². The van der Waals surface area contributed by atoms with Crippen molar-refractivity contribution < 1.29 is 14.3 Å². The summed E-state index contributed by atoms with van der Waals surface area (Å²) in [5.74, 6) is -0.155. The van der Waals surface area contributed by atoms with Gasteiger partial charge in [0.1, 0.15) is 12.4 Å². The molecule has 0 saturated carbocycles. The van der Waals surface area contributed by atoms with Crippen molar-refractivity contribution in [2.45, 2.75) is 6.61 Å². The van der Waals surface area contributed by atoms with Gasteiger partial charge in [0.15, 0.2) is 4.32 Å². The van der Waals surface area contributed by atoms with Crippen LogP contribution in [0.15, 0.2) is 67.8 Å². The van der Waals surface area contributed by atoms with Crippen LogP contribution in [0.3, 0.4) is 0 Å². The first-order valence-electron chi connectivity index (χ1n) is 9.31. The normalized spacial score (nSPS) is 14.8. The number of halogens is 3. The molecule has 1 aliphatic heterocycles. The van der Waals surface area contributed by atoms with Gasteiger partial charge in [-0.15, -0.1) is 11.3 Å². The van der Waals surface area contributed by atoms with E-state index in [1.165, 1.54) is 11.3 Å². The second kappa shape index (κ2) is 10.7. The second-order valence-electron chi connectivity index (χ2n) is 6.63. The summed E-state index contributed by atoms with van der Waals surface area (Å²) < 4.78 is 7.62. The van der Waals surface area contributed by atoms with E-state index in [0.29, 0.717) is 36.1 Å². The van der Waals surface area contributed by atoms with Crippen molar-refractivity contribution in [2.24, 2.45) is 0 Å². The quantitative estimate of drug-likeness (QED) is 0.230. The number of carbonyl (C=O) groups is 2. The summed E-state index contributed by atoms with van der Waals surface area (Å²) in [4.78, 5) is 26.0. The third-order valence-corrected chi connectivity index (χ3v) is 8.12. The molecule has 4 rings (SSSR count). The fourth-order valence-corrected chi connectivity index (χ4v) is 6.28. The zero-order valence-corrected chi connectivity index (χ0v) is 22.9. The fourth-order valence-electron chi connectivity index (χ4n) is 2.85. The number of thiophene rings is 1. The number of nitrogens with one attached hydrogen (secondary N) is 1. The Labute approximate surface area is 225 Å². The number of ether oxygens (including phenoxy) is 1. The molecule has 2 heterocycles. The summed E-state index contributed by atoms with van der Waals surface area (Å²) in [6.45, 7) is 0.304. The van der Waals surface area contributed by atoms with Crippen molar-refractivity contribution in [1.82, 2.24) is 10.4 Å². The number of hydrazine groups is 1. The number of amides is 2. The number of thioether (sulfide) groups is 1. The molecule has 0 radical (unpaired) electrons. The van der Waals surface area contributed by atoms with Crippen LogP contribution < -0.4 is 10.2 Å². The Hall–Kier alpha value is -1.69. The third kappa shape index (κ3) is 5.70. The summed E-state index contributed by atoms with van der Waals surface area (Å²) in [5, 5.41) is 3.52. The van der Waals surface area contributed by atoms with E-state index in [9.17, 15) is 9.59 Å². The van der Waals surface area contributed by atoms with Crippen LogP contribution in [0.1, 0.15) is 20.8 Å². The van der Waals surface area contributed by atoms with Gasteiger partial charge in [0.25, 0.3) is 11.8 Å². The van der Waals surface area contributed by atoms with Crippen LogP contribution in [0.5, 0.6) is 5.75 Å². The van der Waals surface area contributed by atoms with E-state index in [4.69, 9.17) is 28.6 Å². The molecular formula is C22H13Br2ClN2O3S3. The Balaban J connectivity index is 1.49. The molecule has 1 N–H and O–H groups in total. The molecule has 11 heteroatoms. The van der Waals surface area contributed by atoms with Crippen LogP contribution in [-0.2, 0) is 11.4 Å². The van der Waals surface area contributed by atoms with Crippen molar-refractivity contribution in [3.05, 3.63) is 88.8 Å². The number of hydrogen-bond donors (Lipinski definition) is 1. The van der Waals surface area contributed by atoms with E-state index < -0.39 is 0 Å². The fraction of sp³-hybridized carbons (Fsp3) is 0.0455. The number of thiocarbonyl (C=S) groups is 1. The van der Waals surface area contributed by atoms with Crippen molar-refractivity contribution in [3.63, 3.8) is 0 Å². The Morgan fingerprint density at radius 3 is 2.58 bits per heavy atom. The maximum absolute atomic E-state index is 12.8. The highest BCUT2D eigenvalue weighted by Gasteiger charge is 2.34. The Morgan fingerprint density at radius 1 is 1.18 bits per heavy atom. The number of carbonyl (C=O) groups excluding carboxylic acids is 2. The molecule has 1 aliphatic rings. The van der Waals surface area contributed by atoms with Gasteiger partial charge < -0.3 is 4.74 Å². The lowest BCUT2D eigenvalue weighted by molar-refractivity contribution is -0.123. The molecule has 0 spiro atoms. The summed E-state index contributed by atoms with van der Waals surface area (Å²) >= 11 is 21.0. The third-order valence-electron chi connectivity index (χ3n) is 4.40. The van der Waals surface area contributed by atoms with Crippen LogP contribution in [0.25, 0.3) is 6.08 Å². The molecule has 0 unspecified atom stereocenters. The minimum absolute atomic E-state index is 0.258. The molecule has 0 bridgehead atoms. The lowest BCUT2D eigenvalue weighted by Crippen LogP contribution is -2.44. The predicted octanol–water partition coefficient (Wildman–Crippen LogP) is 7.05. The summed E-state index contributed by atoms with van der Waals surface area (Å²) in [6, 6.07) is 14.6. The van der Waals surface area contributed by atoms with Gasteiger partial charge in [-0.3, -0.25) is 15.0 Å². The van der Waals surface area contributed by atoms with Gasteiger partial charge in [0.2, 0.25) is 0 Å². The molecule has 33 heavy (non-hydrogen) atoms. The van der Waals surface area contributed by atoms with Gasteiger partial charge in [0.05, 0.1) is 18.7 Å². The Kier molecular flexibility index (Phi) is 7.93. The smallest absolute Gasteiger partial charge is 0.285 e. The maximum Gasteiger partial charge on any atom is 0.285 e. The van der Waals surface area contributed by atoms with Gasteiger partial charge in [-0.1, -0.05) is 47.6 Å². The molecule has 1 saturated heterocycles. The van der Waals surface area contributed by atoms with Crippen LogP contribution in [0.4, 0.5) is 0 Å². The average Bonchev–Trinajstić information content (AvgIpc) is 3.39. The van der Waals surface area contributed by atoms with Crippen molar-refractivity contribution in [3.8, 4) is 5.75 Å². The SMILES string of the molecule is O=C(NN1C(=O)/C(=C\c2cc(Br)c(OCc3ccccc3Cl)c(Br)c2)SC1=S)c1cccs1. The van der Waals surface area contributed by atoms with Gasteiger partial charge in [0, 0.05) is 10.6 Å². The maximum atomic E-state index is 12.8. The minimum atomic E-state index is -0.388. The van der Waals surface area contributed by atoms with Gasteiger partial charge in [-0.05, 0) is 85.4 Å². The van der Waals surface area contributed by atoms with E-state index in [-0.39, 0.29) is 16.1 Å². The number of nitrogens with zero attached hydrogens (tertiary/aromatic N) is 1. The zero-order chi connectivity index (χ0) is 23.5. The number of hydrogen-bond acceptors (Lipinski definition) is 6. The van der Waals surface area contributed by atoms with Gasteiger partial charge >= 0.3 is 0 Å². The first kappa shape index (κ1) is 24.4. The van der Waals surface area contributed by atoms with E-state index in [1.807, 2.05) is 36.4 Å². The Bertz CT molecular complexity index is 1260. The van der Waals surface area contributed by atoms with Crippen molar-refractivity contribution >= 4 is 101 Å². The van der Waals surface area contributed by atoms with E-state index in [0.717, 1.165) is 27.9 Å². The molecule has 0 aliphatic carbocycles. The van der Waals surface area contributed by atoms with E-state index in [1.54, 1.807) is 23.6 Å². The van der Waals surface area contributed by atoms with Crippen molar-refractivity contribution in [2.75, 3.05) is 0 Å². The molecule has 168 valence electrons. The largest absolute Gasteiger partial charge is 0.486 e. The highest BCUT2D eigenvalue weighted by atomic mass is 79.9. The molecule has 2 aromatic carbocycles. The van der Waals surface area contributed by atoms with Crippen LogP contribution in [-0.4, -0.2) is 21.1 Å². The lowest BCUT2D eigenvalue weighted by Gasteiger charge is -2.14. The van der Waals surface area contributed by atoms with Crippen molar-refractivity contribution in [1.29, 1.82) is 0 Å². The highest BCUT2D eigenvalue weighted by Crippen LogP contribution is 2.38. The molecular weight excluding hydrogens is 632 g/mol. The van der Waals surface area contributed by atoms with Crippen LogP contribution in [0, 0.1) is 0 Å². The number of benzene rings is 2. The monoisotopic (exact) mass is 642 g/mol. The van der Waals surface area contributed by atoms with E-state index in [2.05, 4.69) is 37.3 Å². The lowest BCUT2D eigenvalue weighted by atomic mass is 10.2. The standard InChI is InChI=1S/C22H13Br2ClN2O3S3/c23-14-8-12(9-15(24)19(14)30-11-13-4-1-2-5-16(13)25)10-18-21(29)27(22(31)33-18)26-20(28)17-6-3-7-32-17/h1-10H,11H2,(H,26,28)/b18-10+. The van der Waals surface area contributed by atoms with Gasteiger partial charge in [-0.2, -0.15) is 5.01 Å². The topological polar surface area (TPSA) is 58.6 Å². The summed E-state index contributed by atoms with van der Waals surface area (Å²) in [6.07, 6.45) is 1.71. The zero-order valence-electron chi connectivity index (χ0n) is 16.5. The first-order chi connectivity index (χ1) is 15.8. The Morgan fingerprint density at radius 2 is 1.91 bits per heavy atom. The average molecular weight is 645 g/mol. The summed E-state index contributed by atoms with van der Waals surface area (Å²) in [7, 11) is 0. The van der Waals surface area contributed by atoms with Crippen LogP contribution in [0.2, 0.25) is 5.02 Å². The number of rotatable bonds is 6. The highest BCUT2D eigenvalue weighted by molar-refractivity contribution is 9.11. The predicted molar refractivity (Wildman–Crippen MR) is 144 cm³/mol. The van der Waals surface area contributed by atoms with Gasteiger partial charge in [-0.25, -0.2) is 0 Å². The second-order valence-corrected chi connectivity index (χ2v) is 11.4. The summed E-state index contributed by atoms with van der Waals surface area (Å²) in [5.41, 5.74) is 4.19. The molecule has 5 nitrogen and oxygen atoms in total. The molecule has 1 fully saturated rings. The molecule has 1 aromatic heterocycles. The van der Waals surface area contributed by atoms with Crippen LogP contribution >= 0.6 is 78.8 Å². The molecule has 0 atom stereocenters. The molecule has 3 aromatic rings.